The fourth-order valence-electron chi connectivity index (χ4n) is 2.20. The first kappa shape index (κ1) is 13.6. The number of nitrogens with zero attached hydrogens (tertiary/aromatic N) is 3. The molecule has 1 fully saturated rings. The maximum absolute atomic E-state index is 11.1. The third-order valence-corrected chi connectivity index (χ3v) is 4.24. The van der Waals surface area contributed by atoms with Crippen molar-refractivity contribution < 1.29 is 4.92 Å². The topological polar surface area (TPSA) is 59.3 Å². The van der Waals surface area contributed by atoms with Crippen LogP contribution in [0, 0.1) is 16.0 Å². The smallest absolute Gasteiger partial charge is 0.312 e. The van der Waals surface area contributed by atoms with Gasteiger partial charge in [0.25, 0.3) is 0 Å². The average Bonchev–Trinajstić information content (AvgIpc) is 2.78. The third kappa shape index (κ3) is 2.95. The summed E-state index contributed by atoms with van der Waals surface area (Å²) in [6.07, 6.45) is 4.78. The molecule has 5 nitrogen and oxygen atoms in total. The molecule has 0 radical (unpaired) electrons. The zero-order valence-electron chi connectivity index (χ0n) is 10.0. The summed E-state index contributed by atoms with van der Waals surface area (Å²) >= 11 is 5.04. The van der Waals surface area contributed by atoms with E-state index < -0.39 is 0 Å². The van der Waals surface area contributed by atoms with Crippen molar-refractivity contribution in [3.8, 4) is 0 Å². The van der Waals surface area contributed by atoms with Gasteiger partial charge in [0.05, 0.1) is 4.92 Å². The average molecular weight is 332 g/mol. The van der Waals surface area contributed by atoms with Crippen LogP contribution in [0.3, 0.4) is 0 Å². The van der Waals surface area contributed by atoms with Crippen LogP contribution in [0.25, 0.3) is 0 Å². The molecule has 0 amide bonds. The van der Waals surface area contributed by atoms with Crippen molar-refractivity contribution in [2.24, 2.45) is 5.92 Å². The number of pyridine rings is 1. The summed E-state index contributed by atoms with van der Waals surface area (Å²) in [4.78, 5) is 16.9. The molecule has 1 aliphatic heterocycles. The summed E-state index contributed by atoms with van der Waals surface area (Å²) in [5.74, 6) is 2.19. The van der Waals surface area contributed by atoms with Gasteiger partial charge in [-0.2, -0.15) is 11.8 Å². The molecule has 1 aromatic heterocycles. The predicted octanol–water partition coefficient (Wildman–Crippen LogP) is 2.94. The SMILES string of the molecule is CSCC1CCN(c2ncc(Br)cc2[N+](=O)[O-])C1. The maximum Gasteiger partial charge on any atom is 0.312 e. The Balaban J connectivity index is 2.21. The number of aromatic nitrogens is 1. The van der Waals surface area contributed by atoms with Crippen molar-refractivity contribution in [1.29, 1.82) is 0 Å². The van der Waals surface area contributed by atoms with E-state index in [-0.39, 0.29) is 10.6 Å². The van der Waals surface area contributed by atoms with Gasteiger partial charge in [-0.25, -0.2) is 4.98 Å². The molecule has 1 atom stereocenters. The van der Waals surface area contributed by atoms with Crippen molar-refractivity contribution in [2.75, 3.05) is 30.0 Å². The summed E-state index contributed by atoms with van der Waals surface area (Å²) in [6, 6.07) is 1.52. The van der Waals surface area contributed by atoms with Gasteiger partial charge < -0.3 is 4.90 Å². The van der Waals surface area contributed by atoms with E-state index in [4.69, 9.17) is 0 Å². The second kappa shape index (κ2) is 5.88. The van der Waals surface area contributed by atoms with E-state index in [1.165, 1.54) is 6.07 Å². The summed E-state index contributed by atoms with van der Waals surface area (Å²) in [5.41, 5.74) is 0.0779. The fourth-order valence-corrected chi connectivity index (χ4v) is 3.26. The molecule has 0 saturated carbocycles. The molecule has 0 aliphatic carbocycles. The second-order valence-corrected chi connectivity index (χ2v) is 6.14. The van der Waals surface area contributed by atoms with Gasteiger partial charge in [-0.1, -0.05) is 0 Å². The Bertz CT molecular complexity index is 458. The second-order valence-electron chi connectivity index (χ2n) is 4.31. The van der Waals surface area contributed by atoms with Gasteiger partial charge in [0.2, 0.25) is 5.82 Å². The largest absolute Gasteiger partial charge is 0.351 e. The van der Waals surface area contributed by atoms with Crippen LogP contribution in [0.1, 0.15) is 6.42 Å². The Kier molecular flexibility index (Phi) is 4.45. The van der Waals surface area contributed by atoms with Crippen LogP contribution in [0.2, 0.25) is 0 Å². The molecular formula is C11H14BrN3O2S. The monoisotopic (exact) mass is 331 g/mol. The van der Waals surface area contributed by atoms with Gasteiger partial charge in [0.15, 0.2) is 0 Å². The molecule has 1 aliphatic rings. The number of hydrogen-bond acceptors (Lipinski definition) is 5. The molecule has 0 N–H and O–H groups in total. The van der Waals surface area contributed by atoms with Crippen molar-refractivity contribution in [3.05, 3.63) is 26.9 Å². The molecule has 0 spiro atoms. The molecule has 7 heteroatoms. The molecule has 1 unspecified atom stereocenters. The molecule has 1 saturated heterocycles. The first-order valence-electron chi connectivity index (χ1n) is 5.65. The van der Waals surface area contributed by atoms with Crippen LogP contribution in [0.4, 0.5) is 11.5 Å². The number of rotatable bonds is 4. The minimum absolute atomic E-state index is 0.0779. The van der Waals surface area contributed by atoms with E-state index in [0.29, 0.717) is 16.2 Å². The molecule has 0 bridgehead atoms. The Morgan fingerprint density at radius 3 is 3.17 bits per heavy atom. The molecule has 2 heterocycles. The van der Waals surface area contributed by atoms with Gasteiger partial charge in [0.1, 0.15) is 0 Å². The molecule has 1 aromatic rings. The van der Waals surface area contributed by atoms with Crippen molar-refractivity contribution in [1.82, 2.24) is 4.98 Å². The van der Waals surface area contributed by atoms with E-state index in [9.17, 15) is 10.1 Å². The van der Waals surface area contributed by atoms with Crippen LogP contribution in [0.15, 0.2) is 16.7 Å². The number of thioether (sulfide) groups is 1. The van der Waals surface area contributed by atoms with Crippen molar-refractivity contribution in [2.45, 2.75) is 6.42 Å². The highest BCUT2D eigenvalue weighted by atomic mass is 79.9. The number of anilines is 1. The van der Waals surface area contributed by atoms with Crippen molar-refractivity contribution >= 4 is 39.2 Å². The number of nitro groups is 1. The van der Waals surface area contributed by atoms with Crippen LogP contribution in [-0.4, -0.2) is 35.0 Å². The first-order chi connectivity index (χ1) is 8.61. The van der Waals surface area contributed by atoms with Gasteiger partial charge in [-0.3, -0.25) is 10.1 Å². The Labute approximate surface area is 118 Å². The zero-order chi connectivity index (χ0) is 13.1. The highest BCUT2D eigenvalue weighted by Gasteiger charge is 2.28. The maximum atomic E-state index is 11.1. The highest BCUT2D eigenvalue weighted by Crippen LogP contribution is 2.32. The lowest BCUT2D eigenvalue weighted by molar-refractivity contribution is -0.384. The normalized spacial score (nSPS) is 19.2. The van der Waals surface area contributed by atoms with E-state index in [2.05, 4.69) is 27.2 Å². The molecule has 18 heavy (non-hydrogen) atoms. The standard InChI is InChI=1S/C11H14BrN3O2S/c1-18-7-8-2-3-14(6-8)11-10(15(16)17)4-9(12)5-13-11/h4-5,8H,2-3,6-7H2,1H3. The van der Waals surface area contributed by atoms with E-state index in [0.717, 1.165) is 25.3 Å². The van der Waals surface area contributed by atoms with Gasteiger partial charge in [-0.15, -0.1) is 0 Å². The fraction of sp³-hybridized carbons (Fsp3) is 0.545. The summed E-state index contributed by atoms with van der Waals surface area (Å²) < 4.78 is 0.637. The number of hydrogen-bond donors (Lipinski definition) is 0. The van der Waals surface area contributed by atoms with E-state index in [1.807, 2.05) is 16.7 Å². The third-order valence-electron chi connectivity index (χ3n) is 3.00. The summed E-state index contributed by atoms with van der Waals surface area (Å²) in [5, 5.41) is 11.1. The summed E-state index contributed by atoms with van der Waals surface area (Å²) in [6.45, 7) is 1.71. The first-order valence-corrected chi connectivity index (χ1v) is 7.84. The highest BCUT2D eigenvalue weighted by molar-refractivity contribution is 9.10. The minimum Gasteiger partial charge on any atom is -0.351 e. The van der Waals surface area contributed by atoms with Crippen LogP contribution >= 0.6 is 27.7 Å². The molecule has 98 valence electrons. The van der Waals surface area contributed by atoms with Crippen LogP contribution < -0.4 is 4.90 Å². The van der Waals surface area contributed by atoms with Gasteiger partial charge >= 0.3 is 5.69 Å². The lowest BCUT2D eigenvalue weighted by Crippen LogP contribution is -2.22. The number of halogens is 1. The van der Waals surface area contributed by atoms with Crippen LogP contribution in [0.5, 0.6) is 0 Å². The predicted molar refractivity (Wildman–Crippen MR) is 77.3 cm³/mol. The zero-order valence-corrected chi connectivity index (χ0v) is 12.4. The lowest BCUT2D eigenvalue weighted by Gasteiger charge is -2.17. The lowest BCUT2D eigenvalue weighted by atomic mass is 10.2. The minimum atomic E-state index is -0.366. The van der Waals surface area contributed by atoms with Crippen molar-refractivity contribution in [3.63, 3.8) is 0 Å². The van der Waals surface area contributed by atoms with E-state index >= 15 is 0 Å². The molecule has 2 rings (SSSR count). The Morgan fingerprint density at radius 1 is 1.72 bits per heavy atom. The molecule has 0 aromatic carbocycles. The van der Waals surface area contributed by atoms with E-state index in [1.54, 1.807) is 6.20 Å². The Hall–Kier alpha value is -0.820. The van der Waals surface area contributed by atoms with Gasteiger partial charge in [0, 0.05) is 29.8 Å². The quantitative estimate of drug-likeness (QED) is 0.627. The van der Waals surface area contributed by atoms with Gasteiger partial charge in [-0.05, 0) is 40.3 Å². The Morgan fingerprint density at radius 2 is 2.50 bits per heavy atom. The summed E-state index contributed by atoms with van der Waals surface area (Å²) in [7, 11) is 0. The van der Waals surface area contributed by atoms with Crippen LogP contribution in [-0.2, 0) is 0 Å². The molecular weight excluding hydrogens is 318 g/mol.